The zero-order chi connectivity index (χ0) is 10.8. The predicted octanol–water partition coefficient (Wildman–Crippen LogP) is 3.85. The van der Waals surface area contributed by atoms with Crippen molar-refractivity contribution in [2.75, 3.05) is 6.54 Å². The molecular weight excluding hydrogens is 233 g/mol. The van der Waals surface area contributed by atoms with Gasteiger partial charge in [-0.05, 0) is 24.7 Å². The maximum atomic E-state index is 6.04. The zero-order valence-electron chi connectivity index (χ0n) is 8.31. The third kappa shape index (κ3) is 2.12. The summed E-state index contributed by atoms with van der Waals surface area (Å²) in [5, 5.41) is 5.32. The maximum Gasteiger partial charge on any atom is 0.154 e. The van der Waals surface area contributed by atoms with Crippen LogP contribution >= 0.6 is 23.2 Å². The molecule has 0 amide bonds. The normalized spacial score (nSPS) is 11.1. The molecular formula is C11H11Cl2NO. The molecule has 0 saturated carbocycles. The van der Waals surface area contributed by atoms with E-state index in [0.717, 1.165) is 17.7 Å². The summed E-state index contributed by atoms with van der Waals surface area (Å²) in [5.74, 6) is 0.849. The van der Waals surface area contributed by atoms with E-state index < -0.39 is 0 Å². The number of nitrogens with one attached hydrogen (secondary N) is 1. The van der Waals surface area contributed by atoms with E-state index in [0.29, 0.717) is 22.2 Å². The molecule has 1 N–H and O–H groups in total. The van der Waals surface area contributed by atoms with Gasteiger partial charge in [0.1, 0.15) is 5.76 Å². The molecule has 15 heavy (non-hydrogen) atoms. The Bertz CT molecular complexity index is 440. The molecule has 0 bridgehead atoms. The molecule has 1 aromatic carbocycles. The van der Waals surface area contributed by atoms with Crippen LogP contribution in [0.2, 0.25) is 10.0 Å². The van der Waals surface area contributed by atoms with Crippen molar-refractivity contribution in [3.8, 4) is 0 Å². The predicted molar refractivity (Wildman–Crippen MR) is 63.6 cm³/mol. The van der Waals surface area contributed by atoms with Crippen LogP contribution in [0.1, 0.15) is 12.7 Å². The van der Waals surface area contributed by atoms with Crippen LogP contribution in [0.3, 0.4) is 0 Å². The quantitative estimate of drug-likeness (QED) is 0.887. The molecule has 2 aromatic rings. The smallest absolute Gasteiger partial charge is 0.154 e. The molecule has 2 rings (SSSR count). The van der Waals surface area contributed by atoms with Crippen LogP contribution in [0.15, 0.2) is 22.6 Å². The van der Waals surface area contributed by atoms with Gasteiger partial charge in [0.05, 0.1) is 16.6 Å². The number of rotatable bonds is 3. The van der Waals surface area contributed by atoms with Crippen molar-refractivity contribution in [2.24, 2.45) is 0 Å². The minimum atomic E-state index is 0.595. The van der Waals surface area contributed by atoms with Crippen LogP contribution in [0.5, 0.6) is 0 Å². The minimum absolute atomic E-state index is 0.595. The third-order valence-corrected chi connectivity index (χ3v) is 2.81. The van der Waals surface area contributed by atoms with Crippen molar-refractivity contribution in [1.82, 2.24) is 5.32 Å². The Morgan fingerprint density at radius 1 is 1.27 bits per heavy atom. The standard InChI is InChI=1S/C11H11Cl2NO/c1-2-14-6-7-5-8-9(12)3-4-10(13)11(8)15-7/h3-5,14H,2,6H2,1H3. The van der Waals surface area contributed by atoms with Gasteiger partial charge >= 0.3 is 0 Å². The van der Waals surface area contributed by atoms with E-state index in [4.69, 9.17) is 27.6 Å². The second kappa shape index (κ2) is 4.44. The molecule has 1 aromatic heterocycles. The first-order valence-corrected chi connectivity index (χ1v) is 5.55. The van der Waals surface area contributed by atoms with E-state index in [1.807, 2.05) is 13.0 Å². The van der Waals surface area contributed by atoms with Gasteiger partial charge in [0.25, 0.3) is 0 Å². The molecule has 0 spiro atoms. The van der Waals surface area contributed by atoms with Gasteiger partial charge < -0.3 is 9.73 Å². The molecule has 0 unspecified atom stereocenters. The summed E-state index contributed by atoms with van der Waals surface area (Å²) in [4.78, 5) is 0. The number of fused-ring (bicyclic) bond motifs is 1. The van der Waals surface area contributed by atoms with Crippen LogP contribution in [-0.2, 0) is 6.54 Å². The summed E-state index contributed by atoms with van der Waals surface area (Å²) in [5.41, 5.74) is 0.664. The van der Waals surface area contributed by atoms with Gasteiger partial charge in [0.15, 0.2) is 5.58 Å². The largest absolute Gasteiger partial charge is 0.458 e. The van der Waals surface area contributed by atoms with Gasteiger partial charge in [-0.15, -0.1) is 0 Å². The fourth-order valence-electron chi connectivity index (χ4n) is 1.44. The molecule has 4 heteroatoms. The van der Waals surface area contributed by atoms with E-state index >= 15 is 0 Å². The van der Waals surface area contributed by atoms with Crippen LogP contribution < -0.4 is 5.32 Å². The van der Waals surface area contributed by atoms with Gasteiger partial charge in [-0.25, -0.2) is 0 Å². The summed E-state index contributed by atoms with van der Waals surface area (Å²) in [7, 11) is 0. The molecule has 0 saturated heterocycles. The summed E-state index contributed by atoms with van der Waals surface area (Å²) in [6, 6.07) is 5.44. The second-order valence-corrected chi connectivity index (χ2v) is 4.08. The molecule has 0 fully saturated rings. The second-order valence-electron chi connectivity index (χ2n) is 3.27. The van der Waals surface area contributed by atoms with Crippen molar-refractivity contribution in [3.05, 3.63) is 34.0 Å². The highest BCUT2D eigenvalue weighted by Gasteiger charge is 2.09. The fraction of sp³-hybridized carbons (Fsp3) is 0.273. The molecule has 0 atom stereocenters. The van der Waals surface area contributed by atoms with Crippen LogP contribution in [-0.4, -0.2) is 6.54 Å². The van der Waals surface area contributed by atoms with E-state index in [-0.39, 0.29) is 0 Å². The molecule has 0 radical (unpaired) electrons. The molecule has 2 nitrogen and oxygen atoms in total. The number of hydrogen-bond acceptors (Lipinski definition) is 2. The van der Waals surface area contributed by atoms with Crippen LogP contribution in [0.25, 0.3) is 11.0 Å². The van der Waals surface area contributed by atoms with Gasteiger partial charge in [0, 0.05) is 5.39 Å². The maximum absolute atomic E-state index is 6.04. The number of furan rings is 1. The van der Waals surface area contributed by atoms with E-state index in [1.165, 1.54) is 0 Å². The first-order chi connectivity index (χ1) is 7.22. The molecule has 0 aliphatic rings. The lowest BCUT2D eigenvalue weighted by molar-refractivity contribution is 0.520. The molecule has 0 aliphatic heterocycles. The average molecular weight is 244 g/mol. The minimum Gasteiger partial charge on any atom is -0.458 e. The average Bonchev–Trinajstić information content (AvgIpc) is 2.66. The van der Waals surface area contributed by atoms with Crippen molar-refractivity contribution in [1.29, 1.82) is 0 Å². The fourth-order valence-corrected chi connectivity index (χ4v) is 1.85. The van der Waals surface area contributed by atoms with Gasteiger partial charge in [-0.2, -0.15) is 0 Å². The van der Waals surface area contributed by atoms with Crippen molar-refractivity contribution in [3.63, 3.8) is 0 Å². The molecule has 80 valence electrons. The Balaban J connectivity index is 2.45. The highest BCUT2D eigenvalue weighted by molar-refractivity contribution is 6.39. The lowest BCUT2D eigenvalue weighted by Crippen LogP contribution is -2.10. The Kier molecular flexibility index (Phi) is 3.19. The highest BCUT2D eigenvalue weighted by Crippen LogP contribution is 2.32. The number of hydrogen-bond donors (Lipinski definition) is 1. The Morgan fingerprint density at radius 3 is 2.67 bits per heavy atom. The summed E-state index contributed by atoms with van der Waals surface area (Å²) in [6.07, 6.45) is 0. The van der Waals surface area contributed by atoms with Crippen LogP contribution in [0, 0.1) is 0 Å². The van der Waals surface area contributed by atoms with E-state index in [9.17, 15) is 0 Å². The first kappa shape index (κ1) is 10.8. The van der Waals surface area contributed by atoms with Crippen molar-refractivity contribution in [2.45, 2.75) is 13.5 Å². The first-order valence-electron chi connectivity index (χ1n) is 4.79. The van der Waals surface area contributed by atoms with Crippen LogP contribution in [0.4, 0.5) is 0 Å². The Morgan fingerprint density at radius 2 is 2.00 bits per heavy atom. The lowest BCUT2D eigenvalue weighted by atomic mass is 10.2. The van der Waals surface area contributed by atoms with Crippen molar-refractivity contribution >= 4 is 34.2 Å². The molecule has 1 heterocycles. The molecule has 0 aliphatic carbocycles. The van der Waals surface area contributed by atoms with Gasteiger partial charge in [-0.1, -0.05) is 30.1 Å². The highest BCUT2D eigenvalue weighted by atomic mass is 35.5. The SMILES string of the molecule is CCNCc1cc2c(Cl)ccc(Cl)c2o1. The van der Waals surface area contributed by atoms with Gasteiger partial charge in [-0.3, -0.25) is 0 Å². The summed E-state index contributed by atoms with van der Waals surface area (Å²) < 4.78 is 5.60. The Labute approximate surface area is 98.2 Å². The number of halogens is 2. The monoisotopic (exact) mass is 243 g/mol. The number of benzene rings is 1. The van der Waals surface area contributed by atoms with Gasteiger partial charge in [0.2, 0.25) is 0 Å². The summed E-state index contributed by atoms with van der Waals surface area (Å²) >= 11 is 12.0. The van der Waals surface area contributed by atoms with Crippen molar-refractivity contribution < 1.29 is 4.42 Å². The van der Waals surface area contributed by atoms with E-state index in [1.54, 1.807) is 12.1 Å². The zero-order valence-corrected chi connectivity index (χ0v) is 9.82. The topological polar surface area (TPSA) is 25.2 Å². The lowest BCUT2D eigenvalue weighted by Gasteiger charge is -1.95. The van der Waals surface area contributed by atoms with E-state index in [2.05, 4.69) is 5.32 Å². The summed E-state index contributed by atoms with van der Waals surface area (Å²) in [6.45, 7) is 3.64. The third-order valence-electron chi connectivity index (χ3n) is 2.18. The Hall–Kier alpha value is -0.700.